The predicted molar refractivity (Wildman–Crippen MR) is 67.1 cm³/mol. The summed E-state index contributed by atoms with van der Waals surface area (Å²) in [6, 6.07) is 16.3. The van der Waals surface area contributed by atoms with Crippen LogP contribution in [-0.2, 0) is 6.42 Å². The Kier molecular flexibility index (Phi) is 3.25. The highest BCUT2D eigenvalue weighted by Gasteiger charge is 1.98. The second kappa shape index (κ2) is 4.84. The van der Waals surface area contributed by atoms with Gasteiger partial charge in [0.25, 0.3) is 0 Å². The standard InChI is InChI=1S/C15H16O/c1-3-13-7-5-9-15(11-13)16-14-8-4-6-12(2)10-14/h4-11H,3H2,1-2H3. The van der Waals surface area contributed by atoms with Gasteiger partial charge in [0.1, 0.15) is 11.5 Å². The van der Waals surface area contributed by atoms with Gasteiger partial charge in [0.2, 0.25) is 0 Å². The molecule has 1 heteroatoms. The Morgan fingerprint density at radius 1 is 0.938 bits per heavy atom. The molecule has 0 saturated carbocycles. The number of hydrogen-bond donors (Lipinski definition) is 0. The van der Waals surface area contributed by atoms with E-state index in [2.05, 4.69) is 32.0 Å². The molecule has 1 nitrogen and oxygen atoms in total. The minimum absolute atomic E-state index is 0.897. The van der Waals surface area contributed by atoms with Crippen molar-refractivity contribution in [2.45, 2.75) is 20.3 Å². The number of rotatable bonds is 3. The number of ether oxygens (including phenoxy) is 1. The molecule has 0 aliphatic heterocycles. The minimum Gasteiger partial charge on any atom is -0.457 e. The van der Waals surface area contributed by atoms with Crippen molar-refractivity contribution in [2.75, 3.05) is 0 Å². The van der Waals surface area contributed by atoms with Crippen LogP contribution in [0.2, 0.25) is 0 Å². The van der Waals surface area contributed by atoms with Gasteiger partial charge in [0.05, 0.1) is 0 Å². The molecule has 0 fully saturated rings. The van der Waals surface area contributed by atoms with Gasteiger partial charge in [-0.15, -0.1) is 0 Å². The lowest BCUT2D eigenvalue weighted by atomic mass is 10.2. The Hall–Kier alpha value is -1.76. The average Bonchev–Trinajstić information content (AvgIpc) is 2.29. The first-order chi connectivity index (χ1) is 7.78. The highest BCUT2D eigenvalue weighted by Crippen LogP contribution is 2.22. The fraction of sp³-hybridized carbons (Fsp3) is 0.200. The van der Waals surface area contributed by atoms with Gasteiger partial charge in [-0.05, 0) is 48.7 Å². The lowest BCUT2D eigenvalue weighted by Crippen LogP contribution is -1.86. The van der Waals surface area contributed by atoms with Gasteiger partial charge in [-0.2, -0.15) is 0 Å². The fourth-order valence-electron chi connectivity index (χ4n) is 1.64. The van der Waals surface area contributed by atoms with Gasteiger partial charge in [-0.25, -0.2) is 0 Å². The molecule has 0 saturated heterocycles. The molecule has 0 radical (unpaired) electrons. The van der Waals surface area contributed by atoms with E-state index in [-0.39, 0.29) is 0 Å². The summed E-state index contributed by atoms with van der Waals surface area (Å²) in [4.78, 5) is 0. The van der Waals surface area contributed by atoms with E-state index in [4.69, 9.17) is 4.74 Å². The van der Waals surface area contributed by atoms with Crippen molar-refractivity contribution < 1.29 is 4.74 Å². The summed E-state index contributed by atoms with van der Waals surface area (Å²) in [7, 11) is 0. The molecule has 0 heterocycles. The van der Waals surface area contributed by atoms with Crippen LogP contribution < -0.4 is 4.74 Å². The quantitative estimate of drug-likeness (QED) is 0.735. The molecule has 0 amide bonds. The maximum Gasteiger partial charge on any atom is 0.127 e. The Labute approximate surface area is 96.7 Å². The smallest absolute Gasteiger partial charge is 0.127 e. The Morgan fingerprint density at radius 2 is 1.62 bits per heavy atom. The molecule has 0 unspecified atom stereocenters. The largest absolute Gasteiger partial charge is 0.457 e. The van der Waals surface area contributed by atoms with E-state index >= 15 is 0 Å². The molecular formula is C15H16O. The molecule has 0 aromatic heterocycles. The van der Waals surface area contributed by atoms with Crippen LogP contribution in [-0.4, -0.2) is 0 Å². The first-order valence-corrected chi connectivity index (χ1v) is 5.61. The van der Waals surface area contributed by atoms with E-state index in [0.717, 1.165) is 17.9 Å². The molecule has 0 aliphatic rings. The maximum absolute atomic E-state index is 5.80. The zero-order valence-corrected chi connectivity index (χ0v) is 9.73. The zero-order chi connectivity index (χ0) is 11.4. The molecule has 0 spiro atoms. The molecule has 0 atom stereocenters. The first-order valence-electron chi connectivity index (χ1n) is 5.61. The molecule has 0 bridgehead atoms. The fourth-order valence-corrected chi connectivity index (χ4v) is 1.64. The molecular weight excluding hydrogens is 196 g/mol. The second-order valence-electron chi connectivity index (χ2n) is 3.92. The van der Waals surface area contributed by atoms with Gasteiger partial charge in [-0.1, -0.05) is 31.2 Å². The summed E-state index contributed by atoms with van der Waals surface area (Å²) in [6.07, 6.45) is 1.03. The molecule has 0 aliphatic carbocycles. The Morgan fingerprint density at radius 3 is 2.31 bits per heavy atom. The monoisotopic (exact) mass is 212 g/mol. The van der Waals surface area contributed by atoms with Crippen LogP contribution in [0.1, 0.15) is 18.1 Å². The van der Waals surface area contributed by atoms with E-state index in [1.54, 1.807) is 0 Å². The van der Waals surface area contributed by atoms with Crippen LogP contribution >= 0.6 is 0 Å². The molecule has 2 rings (SSSR count). The minimum atomic E-state index is 0.897. The van der Waals surface area contributed by atoms with Crippen molar-refractivity contribution in [3.63, 3.8) is 0 Å². The number of aryl methyl sites for hydroxylation is 2. The molecule has 16 heavy (non-hydrogen) atoms. The van der Waals surface area contributed by atoms with Gasteiger partial charge in [0.15, 0.2) is 0 Å². The Bertz CT molecular complexity index is 474. The second-order valence-corrected chi connectivity index (χ2v) is 3.92. The third-order valence-electron chi connectivity index (χ3n) is 2.53. The van der Waals surface area contributed by atoms with Crippen LogP contribution in [0, 0.1) is 6.92 Å². The van der Waals surface area contributed by atoms with E-state index in [0.29, 0.717) is 0 Å². The van der Waals surface area contributed by atoms with Crippen LogP contribution in [0.25, 0.3) is 0 Å². The summed E-state index contributed by atoms with van der Waals surface area (Å²) in [5.41, 5.74) is 2.51. The van der Waals surface area contributed by atoms with Crippen LogP contribution in [0.3, 0.4) is 0 Å². The van der Waals surface area contributed by atoms with Crippen molar-refractivity contribution >= 4 is 0 Å². The Balaban J connectivity index is 2.20. The summed E-state index contributed by atoms with van der Waals surface area (Å²) >= 11 is 0. The van der Waals surface area contributed by atoms with Crippen LogP contribution in [0.15, 0.2) is 48.5 Å². The zero-order valence-electron chi connectivity index (χ0n) is 9.73. The maximum atomic E-state index is 5.80. The summed E-state index contributed by atoms with van der Waals surface area (Å²) < 4.78 is 5.80. The lowest BCUT2D eigenvalue weighted by Gasteiger charge is -2.07. The molecule has 0 N–H and O–H groups in total. The summed E-state index contributed by atoms with van der Waals surface area (Å²) in [6.45, 7) is 4.21. The summed E-state index contributed by atoms with van der Waals surface area (Å²) in [5.74, 6) is 1.80. The third kappa shape index (κ3) is 2.63. The highest BCUT2D eigenvalue weighted by molar-refractivity contribution is 5.35. The number of hydrogen-bond acceptors (Lipinski definition) is 1. The SMILES string of the molecule is CCc1cccc(Oc2cccc(C)c2)c1. The van der Waals surface area contributed by atoms with Gasteiger partial charge < -0.3 is 4.74 Å². The van der Waals surface area contributed by atoms with Gasteiger partial charge in [-0.3, -0.25) is 0 Å². The first kappa shape index (κ1) is 10.7. The van der Waals surface area contributed by atoms with Crippen molar-refractivity contribution in [3.05, 3.63) is 59.7 Å². The van der Waals surface area contributed by atoms with E-state index < -0.39 is 0 Å². The molecule has 2 aromatic rings. The van der Waals surface area contributed by atoms with E-state index in [9.17, 15) is 0 Å². The third-order valence-corrected chi connectivity index (χ3v) is 2.53. The average molecular weight is 212 g/mol. The number of benzene rings is 2. The van der Waals surface area contributed by atoms with Gasteiger partial charge >= 0.3 is 0 Å². The van der Waals surface area contributed by atoms with Crippen LogP contribution in [0.4, 0.5) is 0 Å². The van der Waals surface area contributed by atoms with E-state index in [1.165, 1.54) is 11.1 Å². The molecule has 2 aromatic carbocycles. The normalized spacial score (nSPS) is 10.1. The van der Waals surface area contributed by atoms with Crippen molar-refractivity contribution in [1.29, 1.82) is 0 Å². The molecule has 82 valence electrons. The van der Waals surface area contributed by atoms with Crippen molar-refractivity contribution in [1.82, 2.24) is 0 Å². The summed E-state index contributed by atoms with van der Waals surface area (Å²) in [5, 5.41) is 0. The van der Waals surface area contributed by atoms with Crippen molar-refractivity contribution in [3.8, 4) is 11.5 Å². The van der Waals surface area contributed by atoms with Crippen molar-refractivity contribution in [2.24, 2.45) is 0 Å². The van der Waals surface area contributed by atoms with E-state index in [1.807, 2.05) is 30.3 Å². The lowest BCUT2D eigenvalue weighted by molar-refractivity contribution is 0.481. The van der Waals surface area contributed by atoms with Gasteiger partial charge in [0, 0.05) is 0 Å². The topological polar surface area (TPSA) is 9.23 Å². The van der Waals surface area contributed by atoms with Crippen LogP contribution in [0.5, 0.6) is 11.5 Å². The predicted octanol–water partition coefficient (Wildman–Crippen LogP) is 4.35. The highest BCUT2D eigenvalue weighted by atomic mass is 16.5.